The Morgan fingerprint density at radius 3 is 2.53 bits per heavy atom. The molecule has 3 rings (SSSR count). The second-order valence-electron chi connectivity index (χ2n) is 7.34. The van der Waals surface area contributed by atoms with E-state index in [0.717, 1.165) is 6.42 Å². The third kappa shape index (κ3) is 4.96. The Labute approximate surface area is 186 Å². The highest BCUT2D eigenvalue weighted by atomic mass is 19.1. The van der Waals surface area contributed by atoms with Crippen LogP contribution < -0.4 is 10.6 Å². The van der Waals surface area contributed by atoms with Crippen LogP contribution in [0, 0.1) is 5.82 Å². The molecule has 1 aliphatic heterocycles. The normalized spacial score (nSPS) is 15.9. The number of hydrogen-bond donors (Lipinski definition) is 2. The molecule has 7 nitrogen and oxygen atoms in total. The van der Waals surface area contributed by atoms with E-state index >= 15 is 0 Å². The number of benzene rings is 2. The Morgan fingerprint density at radius 1 is 1.16 bits per heavy atom. The van der Waals surface area contributed by atoms with Gasteiger partial charge in [0.15, 0.2) is 0 Å². The molecule has 0 saturated carbocycles. The van der Waals surface area contributed by atoms with E-state index in [1.165, 1.54) is 29.2 Å². The first-order chi connectivity index (χ1) is 15.3. The summed E-state index contributed by atoms with van der Waals surface area (Å²) in [7, 11) is 0. The Balaban J connectivity index is 1.93. The number of esters is 1. The van der Waals surface area contributed by atoms with Crippen LogP contribution in [0.4, 0.5) is 14.9 Å². The topological polar surface area (TPSA) is 87.7 Å². The highest BCUT2D eigenvalue weighted by Crippen LogP contribution is 2.32. The number of anilines is 1. The second-order valence-corrected chi connectivity index (χ2v) is 7.34. The largest absolute Gasteiger partial charge is 0.463 e. The van der Waals surface area contributed by atoms with Crippen molar-refractivity contribution in [1.82, 2.24) is 10.2 Å². The van der Waals surface area contributed by atoms with Crippen LogP contribution in [0.25, 0.3) is 0 Å². The molecule has 0 saturated heterocycles. The van der Waals surface area contributed by atoms with Crippen molar-refractivity contribution < 1.29 is 23.5 Å². The van der Waals surface area contributed by atoms with Crippen LogP contribution in [0.1, 0.15) is 49.2 Å². The summed E-state index contributed by atoms with van der Waals surface area (Å²) in [6, 6.07) is 11.0. The van der Waals surface area contributed by atoms with Crippen molar-refractivity contribution in [3.8, 4) is 0 Å². The number of ether oxygens (including phenoxy) is 1. The number of nitrogens with one attached hydrogen (secondary N) is 2. The Hall–Kier alpha value is -3.68. The van der Waals surface area contributed by atoms with E-state index in [9.17, 15) is 18.8 Å². The molecule has 1 heterocycles. The maximum Gasteiger partial charge on any atom is 0.338 e. The summed E-state index contributed by atoms with van der Waals surface area (Å²) in [5, 5.41) is 5.64. The summed E-state index contributed by atoms with van der Waals surface area (Å²) in [6.07, 6.45) is 0.733. The number of allylic oxidation sites excluding steroid dienone is 1. The van der Waals surface area contributed by atoms with Gasteiger partial charge < -0.3 is 15.4 Å². The van der Waals surface area contributed by atoms with E-state index in [-0.39, 0.29) is 12.6 Å². The number of rotatable bonds is 7. The number of hydrogen-bond acceptors (Lipinski definition) is 4. The van der Waals surface area contributed by atoms with Crippen molar-refractivity contribution in [2.45, 2.75) is 33.2 Å². The number of amides is 3. The number of urea groups is 1. The van der Waals surface area contributed by atoms with Gasteiger partial charge in [0.1, 0.15) is 5.82 Å². The summed E-state index contributed by atoms with van der Waals surface area (Å²) in [5.74, 6) is -1.33. The minimum Gasteiger partial charge on any atom is -0.463 e. The standard InChI is InChI=1S/C24H26FN3O4/c1-4-13-28-15(3)20(23(30)32-5-2)21(27-24(28)31)17-7-6-8-19(14-17)26-22(29)16-9-11-18(25)12-10-16/h6-12,14,21H,4-5,13H2,1-3H3,(H,26,29)(H,27,31). The minimum absolute atomic E-state index is 0.206. The maximum atomic E-state index is 13.1. The van der Waals surface area contributed by atoms with Crippen molar-refractivity contribution in [3.63, 3.8) is 0 Å². The molecule has 0 radical (unpaired) electrons. The monoisotopic (exact) mass is 439 g/mol. The Bertz CT molecular complexity index is 1050. The first kappa shape index (κ1) is 23.0. The summed E-state index contributed by atoms with van der Waals surface area (Å²) in [4.78, 5) is 39.5. The zero-order valence-electron chi connectivity index (χ0n) is 18.3. The number of halogens is 1. The van der Waals surface area contributed by atoms with Gasteiger partial charge in [-0.2, -0.15) is 0 Å². The van der Waals surface area contributed by atoms with Gasteiger partial charge >= 0.3 is 12.0 Å². The Morgan fingerprint density at radius 2 is 1.88 bits per heavy atom. The van der Waals surface area contributed by atoms with Gasteiger partial charge in [-0.3, -0.25) is 9.69 Å². The quantitative estimate of drug-likeness (QED) is 0.627. The molecule has 0 spiro atoms. The molecule has 2 aromatic carbocycles. The van der Waals surface area contributed by atoms with Crippen LogP contribution in [-0.4, -0.2) is 36.0 Å². The smallest absolute Gasteiger partial charge is 0.338 e. The second kappa shape index (κ2) is 10.1. The molecule has 0 aromatic heterocycles. The summed E-state index contributed by atoms with van der Waals surface area (Å²) in [5.41, 5.74) is 2.29. The number of nitrogens with zero attached hydrogens (tertiary/aromatic N) is 1. The van der Waals surface area contributed by atoms with E-state index < -0.39 is 23.7 Å². The van der Waals surface area contributed by atoms with E-state index in [0.29, 0.717) is 34.6 Å². The lowest BCUT2D eigenvalue weighted by molar-refractivity contribution is -0.139. The molecule has 8 heteroatoms. The molecule has 3 amide bonds. The fourth-order valence-corrected chi connectivity index (χ4v) is 3.60. The van der Waals surface area contributed by atoms with Gasteiger partial charge in [-0.15, -0.1) is 0 Å². The minimum atomic E-state index is -0.725. The fourth-order valence-electron chi connectivity index (χ4n) is 3.60. The van der Waals surface area contributed by atoms with Gasteiger partial charge in [0.2, 0.25) is 0 Å². The molecule has 2 N–H and O–H groups in total. The first-order valence-corrected chi connectivity index (χ1v) is 10.5. The van der Waals surface area contributed by atoms with Crippen molar-refractivity contribution >= 4 is 23.6 Å². The molecule has 0 aliphatic carbocycles. The molecule has 1 unspecified atom stereocenters. The lowest BCUT2D eigenvalue weighted by Crippen LogP contribution is -2.48. The third-order valence-corrected chi connectivity index (χ3v) is 5.12. The molecule has 168 valence electrons. The van der Waals surface area contributed by atoms with Crippen LogP contribution >= 0.6 is 0 Å². The van der Waals surface area contributed by atoms with E-state index in [1.807, 2.05) is 6.92 Å². The molecular weight excluding hydrogens is 413 g/mol. The first-order valence-electron chi connectivity index (χ1n) is 10.5. The summed E-state index contributed by atoms with van der Waals surface area (Å²) < 4.78 is 18.4. The Kier molecular flexibility index (Phi) is 7.25. The van der Waals surface area contributed by atoms with Crippen LogP contribution in [0.5, 0.6) is 0 Å². The van der Waals surface area contributed by atoms with Gasteiger partial charge in [-0.05, 0) is 62.2 Å². The van der Waals surface area contributed by atoms with Crippen LogP contribution in [-0.2, 0) is 9.53 Å². The zero-order chi connectivity index (χ0) is 23.3. The van der Waals surface area contributed by atoms with E-state index in [2.05, 4.69) is 10.6 Å². The van der Waals surface area contributed by atoms with Crippen LogP contribution in [0.15, 0.2) is 59.8 Å². The fraction of sp³-hybridized carbons (Fsp3) is 0.292. The van der Waals surface area contributed by atoms with Crippen molar-refractivity contribution in [3.05, 3.63) is 76.7 Å². The molecule has 1 atom stereocenters. The number of carbonyl (C=O) groups is 3. The molecular formula is C24H26FN3O4. The summed E-state index contributed by atoms with van der Waals surface area (Å²) >= 11 is 0. The average molecular weight is 439 g/mol. The van der Waals surface area contributed by atoms with Crippen molar-refractivity contribution in [2.24, 2.45) is 0 Å². The highest BCUT2D eigenvalue weighted by molar-refractivity contribution is 6.04. The maximum absolute atomic E-state index is 13.1. The van der Waals surface area contributed by atoms with Crippen LogP contribution in [0.2, 0.25) is 0 Å². The van der Waals surface area contributed by atoms with Gasteiger partial charge in [0, 0.05) is 23.5 Å². The van der Waals surface area contributed by atoms with Crippen molar-refractivity contribution in [2.75, 3.05) is 18.5 Å². The van der Waals surface area contributed by atoms with Crippen molar-refractivity contribution in [1.29, 1.82) is 0 Å². The van der Waals surface area contributed by atoms with Crippen LogP contribution in [0.3, 0.4) is 0 Å². The number of carbonyl (C=O) groups excluding carboxylic acids is 3. The van der Waals surface area contributed by atoms with Gasteiger partial charge in [-0.25, -0.2) is 14.0 Å². The lowest BCUT2D eigenvalue weighted by Gasteiger charge is -2.35. The van der Waals surface area contributed by atoms with Gasteiger partial charge in [0.25, 0.3) is 5.91 Å². The highest BCUT2D eigenvalue weighted by Gasteiger charge is 2.36. The molecule has 1 aliphatic rings. The lowest BCUT2D eigenvalue weighted by atomic mass is 9.94. The molecule has 0 bridgehead atoms. The predicted molar refractivity (Wildman–Crippen MR) is 118 cm³/mol. The molecule has 0 fully saturated rings. The average Bonchev–Trinajstić information content (AvgIpc) is 2.77. The molecule has 2 aromatic rings. The van der Waals surface area contributed by atoms with E-state index in [1.54, 1.807) is 38.1 Å². The van der Waals surface area contributed by atoms with Gasteiger partial charge in [0.05, 0.1) is 18.2 Å². The zero-order valence-corrected chi connectivity index (χ0v) is 18.3. The molecule has 32 heavy (non-hydrogen) atoms. The van der Waals surface area contributed by atoms with E-state index in [4.69, 9.17) is 4.74 Å². The predicted octanol–water partition coefficient (Wildman–Crippen LogP) is 4.39. The summed E-state index contributed by atoms with van der Waals surface area (Å²) in [6.45, 7) is 6.08. The SMILES string of the molecule is CCCN1C(=O)NC(c2cccc(NC(=O)c3ccc(F)cc3)c2)C(C(=O)OCC)=C1C. The third-order valence-electron chi connectivity index (χ3n) is 5.12. The van der Waals surface area contributed by atoms with Gasteiger partial charge in [-0.1, -0.05) is 19.1 Å².